The number of hydrogen-bond donors (Lipinski definition) is 1. The topological polar surface area (TPSA) is 168 Å². The average molecular weight is 865 g/mol. The molecule has 4 bridgehead atoms. The van der Waals surface area contributed by atoms with Crippen LogP contribution < -0.4 is 0 Å². The van der Waals surface area contributed by atoms with Gasteiger partial charge in [-0.3, -0.25) is 14.7 Å². The first-order valence-corrected chi connectivity index (χ1v) is 22.4. The number of hydrogen-bond acceptors (Lipinski definition) is 14. The van der Waals surface area contributed by atoms with E-state index in [1.165, 1.54) is 0 Å². The number of nitrogens with zero attached hydrogens (tertiary/aromatic N) is 6. The minimum Gasteiger partial charge on any atom is -0.458 e. The predicted molar refractivity (Wildman–Crippen MR) is 231 cm³/mol. The summed E-state index contributed by atoms with van der Waals surface area (Å²) < 4.78 is 41.8. The molecular formula is C46H68N6O10. The summed E-state index contributed by atoms with van der Waals surface area (Å²) in [6, 6.07) is 9.20. The molecule has 342 valence electrons. The summed E-state index contributed by atoms with van der Waals surface area (Å²) in [5, 5.41) is 20.9. The molecule has 4 fully saturated rings. The monoisotopic (exact) mass is 864 g/mol. The number of rotatable bonds is 8. The molecule has 16 heteroatoms. The molecular weight excluding hydrogens is 797 g/mol. The zero-order chi connectivity index (χ0) is 44.7. The number of amides is 1. The van der Waals surface area contributed by atoms with Crippen LogP contribution in [0.5, 0.6) is 0 Å². The Balaban J connectivity index is 1.27. The first-order valence-electron chi connectivity index (χ1n) is 22.4. The minimum atomic E-state index is -1.14. The van der Waals surface area contributed by atoms with Crippen LogP contribution in [-0.4, -0.2) is 149 Å². The number of likely N-dealkylation sites (N-methyl/N-ethyl adjacent to an activating group) is 1. The van der Waals surface area contributed by atoms with Crippen molar-refractivity contribution in [2.24, 2.45) is 33.8 Å². The maximum atomic E-state index is 14.6. The molecule has 0 aliphatic carbocycles. The van der Waals surface area contributed by atoms with Crippen LogP contribution in [0.25, 0.3) is 5.69 Å². The van der Waals surface area contributed by atoms with Crippen LogP contribution in [0.4, 0.5) is 4.79 Å². The number of aromatic nitrogens is 2. The molecule has 14 atom stereocenters. The number of oxime groups is 1. The molecule has 1 aromatic carbocycles. The third-order valence-electron chi connectivity index (χ3n) is 13.9. The van der Waals surface area contributed by atoms with Crippen molar-refractivity contribution in [3.8, 4) is 5.69 Å². The molecule has 4 saturated heterocycles. The lowest BCUT2D eigenvalue weighted by atomic mass is 9.72. The van der Waals surface area contributed by atoms with Crippen LogP contribution in [0.15, 0.2) is 46.7 Å². The van der Waals surface area contributed by atoms with Crippen molar-refractivity contribution in [1.29, 1.82) is 0 Å². The smallest absolute Gasteiger partial charge is 0.410 e. The molecule has 0 spiro atoms. The maximum absolute atomic E-state index is 14.6. The molecule has 1 aromatic heterocycles. The van der Waals surface area contributed by atoms with Crippen molar-refractivity contribution < 1.29 is 48.0 Å². The van der Waals surface area contributed by atoms with E-state index in [2.05, 4.69) is 24.1 Å². The fourth-order valence-electron chi connectivity index (χ4n) is 10.7. The van der Waals surface area contributed by atoms with E-state index in [0.717, 1.165) is 22.7 Å². The van der Waals surface area contributed by atoms with E-state index in [0.29, 0.717) is 38.1 Å². The van der Waals surface area contributed by atoms with E-state index in [1.54, 1.807) is 11.8 Å². The molecule has 1 N–H and O–H groups in total. The van der Waals surface area contributed by atoms with Gasteiger partial charge < -0.3 is 43.3 Å². The highest BCUT2D eigenvalue weighted by molar-refractivity contribution is 5.91. The molecule has 5 aliphatic rings. The van der Waals surface area contributed by atoms with E-state index in [9.17, 15) is 14.7 Å². The third kappa shape index (κ3) is 9.18. The maximum Gasteiger partial charge on any atom is 0.410 e. The van der Waals surface area contributed by atoms with Crippen molar-refractivity contribution in [3.05, 3.63) is 47.8 Å². The lowest BCUT2D eigenvalue weighted by Crippen LogP contribution is -2.60. The SMILES string of the molecule is CC[C@@H]1OC(=O)[C@H](C)[C@H]2OCC(=NOCc3ccc(-n4ccc(C)n4)cc3)CO[C@](C)(C[C@@H](C)C3=NCCN4C(=O)O[C@@]1(C)[C@H]4[C@H]3C)[C@@H](O[C@H]1O[C@@H](C)C[C@@H](N(C)C)[C@@H]1O)[C@@H]2C. The summed E-state index contributed by atoms with van der Waals surface area (Å²) in [5.41, 5.74) is 1.95. The number of ether oxygens (including phenoxy) is 6. The number of fused-ring (bicyclic) bond motifs is 4. The number of aliphatic imine (C=N–C) groups is 1. The van der Waals surface area contributed by atoms with Crippen molar-refractivity contribution >= 4 is 23.5 Å². The third-order valence-corrected chi connectivity index (χ3v) is 13.9. The number of aliphatic hydroxyl groups excluding tert-OH is 1. The second-order valence-corrected chi connectivity index (χ2v) is 18.9. The van der Waals surface area contributed by atoms with Crippen LogP contribution in [0.2, 0.25) is 0 Å². The van der Waals surface area contributed by atoms with Gasteiger partial charge in [-0.1, -0.05) is 45.0 Å². The molecule has 0 radical (unpaired) electrons. The molecule has 1 amide bonds. The quantitative estimate of drug-likeness (QED) is 0.268. The normalized spacial score (nSPS) is 39.0. The Bertz CT molecular complexity index is 1960. The van der Waals surface area contributed by atoms with Gasteiger partial charge in [-0.05, 0) is 97.7 Å². The van der Waals surface area contributed by atoms with Gasteiger partial charge in [0.25, 0.3) is 0 Å². The summed E-state index contributed by atoms with van der Waals surface area (Å²) in [5.74, 6) is -2.26. The van der Waals surface area contributed by atoms with Gasteiger partial charge in [0.15, 0.2) is 11.9 Å². The summed E-state index contributed by atoms with van der Waals surface area (Å²) in [7, 11) is 3.88. The highest BCUT2D eigenvalue weighted by Crippen LogP contribution is 2.45. The molecule has 62 heavy (non-hydrogen) atoms. The molecule has 16 nitrogen and oxygen atoms in total. The zero-order valence-electron chi connectivity index (χ0n) is 38.4. The second-order valence-electron chi connectivity index (χ2n) is 18.9. The highest BCUT2D eigenvalue weighted by Gasteiger charge is 2.60. The van der Waals surface area contributed by atoms with E-state index < -0.39 is 71.8 Å². The largest absolute Gasteiger partial charge is 0.458 e. The number of carbonyl (C=O) groups excluding carboxylic acids is 2. The van der Waals surface area contributed by atoms with Gasteiger partial charge in [-0.15, -0.1) is 0 Å². The van der Waals surface area contributed by atoms with Gasteiger partial charge >= 0.3 is 12.1 Å². The van der Waals surface area contributed by atoms with Gasteiger partial charge in [0.1, 0.15) is 24.5 Å². The second kappa shape index (κ2) is 18.7. The number of aliphatic hydroxyl groups is 1. The summed E-state index contributed by atoms with van der Waals surface area (Å²) in [4.78, 5) is 43.0. The Morgan fingerprint density at radius 1 is 1.03 bits per heavy atom. The van der Waals surface area contributed by atoms with E-state index in [4.69, 9.17) is 38.3 Å². The molecule has 6 heterocycles. The average Bonchev–Trinajstić information content (AvgIpc) is 3.72. The minimum absolute atomic E-state index is 0.00182. The number of esters is 1. The van der Waals surface area contributed by atoms with Gasteiger partial charge in [0, 0.05) is 36.3 Å². The number of aryl methyl sites for hydroxylation is 1. The Morgan fingerprint density at radius 3 is 2.45 bits per heavy atom. The van der Waals surface area contributed by atoms with Crippen LogP contribution in [0, 0.1) is 30.6 Å². The van der Waals surface area contributed by atoms with Gasteiger partial charge in [-0.2, -0.15) is 5.10 Å². The molecule has 0 unspecified atom stereocenters. The standard InChI is InChI=1S/C46H68N6O10/c1-12-36-46(9)40-29(5)37(47-18-20-51(40)44(55)62-46)26(2)22-45(8)41(61-43-38(53)35(50(10)11)21-28(4)59-43)30(6)39(31(7)42(54)60-36)56-24-33(25-57-45)49-58-23-32-13-15-34(16-14-32)52-19-17-27(3)48-52/h13-17,19,26,28-31,35-36,38-41,43,53H,12,18,20-25H2,1-11H3/t26-,28+,29+,30-,31-,35-,36+,38+,39+,40-,41+,43-,45-,46-/m1/s1. The van der Waals surface area contributed by atoms with Crippen LogP contribution in [0.1, 0.15) is 85.9 Å². The van der Waals surface area contributed by atoms with Gasteiger partial charge in [0.2, 0.25) is 0 Å². The number of benzene rings is 1. The Morgan fingerprint density at radius 2 is 1.77 bits per heavy atom. The molecule has 2 aromatic rings. The highest BCUT2D eigenvalue weighted by atomic mass is 16.7. The Kier molecular flexibility index (Phi) is 13.9. The molecule has 7 rings (SSSR count). The fourth-order valence-corrected chi connectivity index (χ4v) is 10.7. The zero-order valence-corrected chi connectivity index (χ0v) is 38.4. The van der Waals surface area contributed by atoms with Crippen molar-refractivity contribution in [1.82, 2.24) is 19.6 Å². The molecule has 5 aliphatic heterocycles. The van der Waals surface area contributed by atoms with Crippen molar-refractivity contribution in [2.75, 3.05) is 40.4 Å². The van der Waals surface area contributed by atoms with E-state index in [-0.39, 0.29) is 43.8 Å². The van der Waals surface area contributed by atoms with Gasteiger partial charge in [0.05, 0.1) is 67.0 Å². The Labute approximate surface area is 366 Å². The van der Waals surface area contributed by atoms with Crippen molar-refractivity contribution in [2.45, 2.75) is 148 Å². The first kappa shape index (κ1) is 46.1. The summed E-state index contributed by atoms with van der Waals surface area (Å²) in [6.45, 7) is 18.8. The summed E-state index contributed by atoms with van der Waals surface area (Å²) in [6.07, 6.45) is -1.53. The first-order chi connectivity index (χ1) is 29.4. The van der Waals surface area contributed by atoms with E-state index in [1.807, 2.05) is 102 Å². The molecule has 0 saturated carbocycles. The van der Waals surface area contributed by atoms with Gasteiger partial charge in [-0.25, -0.2) is 9.48 Å². The number of carbonyl (C=O) groups is 2. The van der Waals surface area contributed by atoms with Crippen LogP contribution in [-0.2, 0) is 44.7 Å². The number of cyclic esters (lactones) is 1. The van der Waals surface area contributed by atoms with Crippen LogP contribution >= 0.6 is 0 Å². The van der Waals surface area contributed by atoms with Crippen molar-refractivity contribution in [3.63, 3.8) is 0 Å². The van der Waals surface area contributed by atoms with E-state index >= 15 is 0 Å². The van der Waals surface area contributed by atoms with Crippen LogP contribution in [0.3, 0.4) is 0 Å². The predicted octanol–water partition coefficient (Wildman–Crippen LogP) is 5.34. The lowest BCUT2D eigenvalue weighted by molar-refractivity contribution is -0.302. The fraction of sp³-hybridized carbons (Fsp3) is 0.717. The lowest BCUT2D eigenvalue weighted by Gasteiger charge is -2.48. The Hall–Kier alpha value is -3.93. The summed E-state index contributed by atoms with van der Waals surface area (Å²) >= 11 is 0.